The van der Waals surface area contributed by atoms with Crippen LogP contribution in [0.15, 0.2) is 64.3 Å². The van der Waals surface area contributed by atoms with E-state index < -0.39 is 0 Å². The Bertz CT molecular complexity index is 828. The quantitative estimate of drug-likeness (QED) is 0.487. The molecular formula is C18H15ClN2O3. The lowest BCUT2D eigenvalue weighted by Gasteiger charge is -2.02. The van der Waals surface area contributed by atoms with E-state index in [2.05, 4.69) is 10.1 Å². The minimum atomic E-state index is 0.138. The molecule has 6 heteroatoms. The predicted octanol–water partition coefficient (Wildman–Crippen LogP) is 4.55. The van der Waals surface area contributed by atoms with E-state index in [-0.39, 0.29) is 6.61 Å². The zero-order chi connectivity index (χ0) is 16.8. The van der Waals surface area contributed by atoms with Crippen LogP contribution in [-0.2, 0) is 11.4 Å². The normalized spacial score (nSPS) is 10.9. The highest BCUT2D eigenvalue weighted by Crippen LogP contribution is 2.22. The highest BCUT2D eigenvalue weighted by atomic mass is 35.5. The number of aromatic nitrogens is 1. The first-order chi connectivity index (χ1) is 11.8. The second-order valence-electron chi connectivity index (χ2n) is 4.88. The molecule has 0 spiro atoms. The number of oxazole rings is 1. The molecule has 0 aliphatic rings. The summed E-state index contributed by atoms with van der Waals surface area (Å²) in [5.41, 5.74) is 1.73. The van der Waals surface area contributed by atoms with Crippen LogP contribution < -0.4 is 4.74 Å². The van der Waals surface area contributed by atoms with Crippen molar-refractivity contribution in [3.8, 4) is 17.1 Å². The summed E-state index contributed by atoms with van der Waals surface area (Å²) in [5.74, 6) is 1.82. The van der Waals surface area contributed by atoms with Crippen LogP contribution in [0.3, 0.4) is 0 Å². The van der Waals surface area contributed by atoms with Gasteiger partial charge in [0.15, 0.2) is 12.4 Å². The molecule has 0 radical (unpaired) electrons. The predicted molar refractivity (Wildman–Crippen MR) is 92.3 cm³/mol. The van der Waals surface area contributed by atoms with Crippen LogP contribution in [0.5, 0.6) is 5.75 Å². The van der Waals surface area contributed by atoms with E-state index in [4.69, 9.17) is 25.6 Å². The molecule has 3 aromatic rings. The molecule has 0 aliphatic carbocycles. The number of oxime groups is 1. The van der Waals surface area contributed by atoms with Crippen molar-refractivity contribution in [1.29, 1.82) is 0 Å². The zero-order valence-corrected chi connectivity index (χ0v) is 13.7. The van der Waals surface area contributed by atoms with Crippen LogP contribution in [0.2, 0.25) is 5.02 Å². The number of para-hydroxylation sites is 1. The maximum absolute atomic E-state index is 5.87. The van der Waals surface area contributed by atoms with Gasteiger partial charge in [-0.3, -0.25) is 0 Å². The van der Waals surface area contributed by atoms with Crippen molar-refractivity contribution in [1.82, 2.24) is 4.98 Å². The monoisotopic (exact) mass is 342 g/mol. The van der Waals surface area contributed by atoms with Gasteiger partial charge in [0.1, 0.15) is 5.75 Å². The second-order valence-corrected chi connectivity index (χ2v) is 5.31. The molecule has 24 heavy (non-hydrogen) atoms. The van der Waals surface area contributed by atoms with Gasteiger partial charge in [0.05, 0.1) is 19.5 Å². The number of benzene rings is 2. The fourth-order valence-corrected chi connectivity index (χ4v) is 2.21. The van der Waals surface area contributed by atoms with Crippen molar-refractivity contribution >= 4 is 17.8 Å². The van der Waals surface area contributed by atoms with Gasteiger partial charge in [0.25, 0.3) is 0 Å². The molecule has 0 bridgehead atoms. The van der Waals surface area contributed by atoms with Crippen LogP contribution in [-0.4, -0.2) is 18.3 Å². The molecule has 1 heterocycles. The molecule has 0 fully saturated rings. The van der Waals surface area contributed by atoms with Crippen molar-refractivity contribution < 1.29 is 14.0 Å². The largest absolute Gasteiger partial charge is 0.496 e. The third kappa shape index (κ3) is 3.94. The Morgan fingerprint density at radius 1 is 1.17 bits per heavy atom. The number of ether oxygens (including phenoxy) is 1. The fourth-order valence-electron chi connectivity index (χ4n) is 2.08. The summed E-state index contributed by atoms with van der Waals surface area (Å²) >= 11 is 5.87. The average Bonchev–Trinajstić information content (AvgIpc) is 3.08. The van der Waals surface area contributed by atoms with Crippen molar-refractivity contribution in [3.63, 3.8) is 0 Å². The summed E-state index contributed by atoms with van der Waals surface area (Å²) in [5, 5.41) is 4.59. The third-order valence-electron chi connectivity index (χ3n) is 3.28. The lowest BCUT2D eigenvalue weighted by molar-refractivity contribution is 0.113. The van der Waals surface area contributed by atoms with Gasteiger partial charge in [-0.1, -0.05) is 28.9 Å². The Hall–Kier alpha value is -2.79. The molecule has 5 nitrogen and oxygen atoms in total. The van der Waals surface area contributed by atoms with E-state index in [1.165, 1.54) is 0 Å². The van der Waals surface area contributed by atoms with Crippen molar-refractivity contribution in [2.24, 2.45) is 5.16 Å². The minimum Gasteiger partial charge on any atom is -0.496 e. The van der Waals surface area contributed by atoms with Gasteiger partial charge in [-0.2, -0.15) is 0 Å². The molecule has 0 N–H and O–H groups in total. The number of rotatable bonds is 6. The van der Waals surface area contributed by atoms with Crippen LogP contribution in [0.1, 0.15) is 11.5 Å². The Balaban J connectivity index is 1.59. The van der Waals surface area contributed by atoms with Gasteiger partial charge in [0.2, 0.25) is 5.89 Å². The SMILES string of the molecule is COc1ccccc1/C=N\OCc1ncc(-c2ccc(Cl)cc2)o1. The summed E-state index contributed by atoms with van der Waals surface area (Å²) in [4.78, 5) is 9.40. The lowest BCUT2D eigenvalue weighted by atomic mass is 10.2. The highest BCUT2D eigenvalue weighted by molar-refractivity contribution is 6.30. The molecule has 0 saturated carbocycles. The highest BCUT2D eigenvalue weighted by Gasteiger charge is 2.06. The number of hydrogen-bond donors (Lipinski definition) is 0. The molecule has 0 atom stereocenters. The van der Waals surface area contributed by atoms with Gasteiger partial charge < -0.3 is 14.0 Å². The van der Waals surface area contributed by atoms with E-state index in [0.29, 0.717) is 16.7 Å². The van der Waals surface area contributed by atoms with E-state index in [1.54, 1.807) is 31.7 Å². The van der Waals surface area contributed by atoms with E-state index in [9.17, 15) is 0 Å². The van der Waals surface area contributed by atoms with E-state index >= 15 is 0 Å². The summed E-state index contributed by atoms with van der Waals surface area (Å²) in [7, 11) is 1.61. The zero-order valence-electron chi connectivity index (χ0n) is 13.0. The van der Waals surface area contributed by atoms with Crippen LogP contribution in [0.4, 0.5) is 0 Å². The van der Waals surface area contributed by atoms with Gasteiger partial charge in [-0.25, -0.2) is 4.98 Å². The standard InChI is InChI=1S/C18H15ClN2O3/c1-22-16-5-3-2-4-14(16)10-21-23-12-18-20-11-17(24-18)13-6-8-15(19)9-7-13/h2-11H,12H2,1H3/b21-10-. The van der Waals surface area contributed by atoms with Crippen molar-refractivity contribution in [2.75, 3.05) is 7.11 Å². The van der Waals surface area contributed by atoms with Crippen LogP contribution >= 0.6 is 11.6 Å². The van der Waals surface area contributed by atoms with E-state index in [0.717, 1.165) is 16.9 Å². The summed E-state index contributed by atoms with van der Waals surface area (Å²) in [6.07, 6.45) is 3.23. The Morgan fingerprint density at radius 3 is 2.75 bits per heavy atom. The molecule has 0 amide bonds. The third-order valence-corrected chi connectivity index (χ3v) is 3.53. The molecular weight excluding hydrogens is 328 g/mol. The Labute approximate surface area is 144 Å². The number of hydrogen-bond acceptors (Lipinski definition) is 5. The molecule has 0 saturated heterocycles. The van der Waals surface area contributed by atoms with Gasteiger partial charge in [-0.15, -0.1) is 0 Å². The molecule has 0 aliphatic heterocycles. The van der Waals surface area contributed by atoms with Crippen LogP contribution in [0, 0.1) is 0 Å². The molecule has 1 aromatic heterocycles. The summed E-state index contributed by atoms with van der Waals surface area (Å²) in [6.45, 7) is 0.138. The maximum atomic E-state index is 5.87. The smallest absolute Gasteiger partial charge is 0.235 e. The number of halogens is 1. The first kappa shape index (κ1) is 16.1. The molecule has 3 rings (SSSR count). The Morgan fingerprint density at radius 2 is 1.96 bits per heavy atom. The van der Waals surface area contributed by atoms with Crippen molar-refractivity contribution in [3.05, 3.63) is 71.2 Å². The van der Waals surface area contributed by atoms with Gasteiger partial charge in [-0.05, 0) is 36.4 Å². The van der Waals surface area contributed by atoms with Gasteiger partial charge in [0, 0.05) is 16.1 Å². The number of methoxy groups -OCH3 is 1. The lowest BCUT2D eigenvalue weighted by Crippen LogP contribution is -1.91. The van der Waals surface area contributed by atoms with Crippen molar-refractivity contribution in [2.45, 2.75) is 6.61 Å². The van der Waals surface area contributed by atoms with Crippen LogP contribution in [0.25, 0.3) is 11.3 Å². The minimum absolute atomic E-state index is 0.138. The van der Waals surface area contributed by atoms with E-state index in [1.807, 2.05) is 36.4 Å². The summed E-state index contributed by atoms with van der Waals surface area (Å²) in [6, 6.07) is 14.9. The fraction of sp³-hybridized carbons (Fsp3) is 0.111. The van der Waals surface area contributed by atoms with Gasteiger partial charge >= 0.3 is 0 Å². The maximum Gasteiger partial charge on any atom is 0.235 e. The molecule has 122 valence electrons. The first-order valence-electron chi connectivity index (χ1n) is 7.25. The first-order valence-corrected chi connectivity index (χ1v) is 7.63. The second kappa shape index (κ2) is 7.66. The molecule has 2 aromatic carbocycles. The Kier molecular flexibility index (Phi) is 5.13. The topological polar surface area (TPSA) is 56.9 Å². The number of nitrogens with zero attached hydrogens (tertiary/aromatic N) is 2. The molecule has 0 unspecified atom stereocenters. The summed E-state index contributed by atoms with van der Waals surface area (Å²) < 4.78 is 10.9. The average molecular weight is 343 g/mol.